The van der Waals surface area contributed by atoms with Gasteiger partial charge in [0.15, 0.2) is 5.96 Å². The lowest BCUT2D eigenvalue weighted by atomic mass is 10.2. The molecule has 2 rings (SSSR count). The minimum atomic E-state index is 0. The lowest BCUT2D eigenvalue weighted by Crippen LogP contribution is -2.48. The summed E-state index contributed by atoms with van der Waals surface area (Å²) in [7, 11) is 3.57. The number of guanidine groups is 1. The highest BCUT2D eigenvalue weighted by atomic mass is 127. The van der Waals surface area contributed by atoms with Gasteiger partial charge in [-0.25, -0.2) is 0 Å². The van der Waals surface area contributed by atoms with Crippen LogP contribution in [-0.2, 0) is 0 Å². The number of para-hydroxylation sites is 2. The van der Waals surface area contributed by atoms with Gasteiger partial charge in [0, 0.05) is 51.4 Å². The van der Waals surface area contributed by atoms with Gasteiger partial charge in [0.1, 0.15) is 5.75 Å². The summed E-state index contributed by atoms with van der Waals surface area (Å²) in [6.07, 6.45) is 1.09. The van der Waals surface area contributed by atoms with Crippen molar-refractivity contribution in [2.45, 2.75) is 52.2 Å². The number of ether oxygens (including phenoxy) is 1. The number of benzene rings is 1. The van der Waals surface area contributed by atoms with Gasteiger partial charge in [-0.05, 0) is 46.2 Å². The highest BCUT2D eigenvalue weighted by molar-refractivity contribution is 14.0. The Hall–Kier alpha value is -1.22. The first kappa shape index (κ1) is 24.8. The van der Waals surface area contributed by atoms with Crippen molar-refractivity contribution in [1.82, 2.24) is 15.5 Å². The molecule has 7 heteroatoms. The molecule has 1 heterocycles. The Balaban J connectivity index is 0.00000392. The first-order chi connectivity index (χ1) is 13.0. The number of nitrogens with zero attached hydrogens (tertiary/aromatic N) is 3. The van der Waals surface area contributed by atoms with Gasteiger partial charge in [-0.15, -0.1) is 24.0 Å². The second-order valence-corrected chi connectivity index (χ2v) is 7.67. The first-order valence-electron chi connectivity index (χ1n) is 10.1. The number of hydrogen-bond donors (Lipinski definition) is 2. The molecule has 1 saturated heterocycles. The van der Waals surface area contributed by atoms with Crippen LogP contribution in [0.4, 0.5) is 5.69 Å². The molecule has 2 N–H and O–H groups in total. The van der Waals surface area contributed by atoms with Crippen molar-refractivity contribution in [3.63, 3.8) is 0 Å². The average molecular weight is 503 g/mol. The lowest BCUT2D eigenvalue weighted by Gasteiger charge is -2.30. The summed E-state index contributed by atoms with van der Waals surface area (Å²) in [4.78, 5) is 9.27. The van der Waals surface area contributed by atoms with E-state index in [1.165, 1.54) is 0 Å². The van der Waals surface area contributed by atoms with Crippen molar-refractivity contribution in [3.8, 4) is 5.75 Å². The van der Waals surface area contributed by atoms with Crippen molar-refractivity contribution in [3.05, 3.63) is 24.3 Å². The molecule has 0 amide bonds. The summed E-state index contributed by atoms with van der Waals surface area (Å²) in [5.41, 5.74) is 1.16. The first-order valence-corrected chi connectivity index (χ1v) is 10.1. The Bertz CT molecular complexity index is 600. The number of methoxy groups -OCH3 is 1. The van der Waals surface area contributed by atoms with Crippen LogP contribution in [0.2, 0.25) is 0 Å². The van der Waals surface area contributed by atoms with Crippen LogP contribution in [0.25, 0.3) is 0 Å². The zero-order valence-corrected chi connectivity index (χ0v) is 20.6. The van der Waals surface area contributed by atoms with Crippen LogP contribution >= 0.6 is 24.0 Å². The largest absolute Gasteiger partial charge is 0.495 e. The van der Waals surface area contributed by atoms with E-state index in [9.17, 15) is 0 Å². The third kappa shape index (κ3) is 6.99. The Morgan fingerprint density at radius 3 is 2.54 bits per heavy atom. The van der Waals surface area contributed by atoms with Gasteiger partial charge in [0.25, 0.3) is 0 Å². The van der Waals surface area contributed by atoms with Crippen LogP contribution in [0.5, 0.6) is 5.75 Å². The molecule has 0 radical (unpaired) electrons. The lowest BCUT2D eigenvalue weighted by molar-refractivity contribution is 0.178. The Morgan fingerprint density at radius 2 is 1.93 bits per heavy atom. The van der Waals surface area contributed by atoms with Gasteiger partial charge in [-0.3, -0.25) is 9.89 Å². The van der Waals surface area contributed by atoms with Crippen LogP contribution in [0, 0.1) is 0 Å². The fraction of sp³-hybridized carbons (Fsp3) is 0.667. The van der Waals surface area contributed by atoms with E-state index in [4.69, 9.17) is 4.74 Å². The molecule has 6 nitrogen and oxygen atoms in total. The quantitative estimate of drug-likeness (QED) is 0.324. The monoisotopic (exact) mass is 503 g/mol. The van der Waals surface area contributed by atoms with Gasteiger partial charge in [0.05, 0.1) is 12.8 Å². The smallest absolute Gasteiger partial charge is 0.191 e. The maximum atomic E-state index is 5.51. The predicted molar refractivity (Wildman–Crippen MR) is 131 cm³/mol. The topological polar surface area (TPSA) is 52.1 Å². The third-order valence-corrected chi connectivity index (χ3v) is 5.17. The van der Waals surface area contributed by atoms with E-state index < -0.39 is 0 Å². The van der Waals surface area contributed by atoms with Gasteiger partial charge in [-0.2, -0.15) is 0 Å². The number of halogens is 1. The summed E-state index contributed by atoms with van der Waals surface area (Å²) in [6.45, 7) is 12.9. The highest BCUT2D eigenvalue weighted by Gasteiger charge is 2.25. The number of hydrogen-bond acceptors (Lipinski definition) is 4. The van der Waals surface area contributed by atoms with Crippen LogP contribution < -0.4 is 20.3 Å². The van der Waals surface area contributed by atoms with Crippen LogP contribution in [0.15, 0.2) is 29.3 Å². The van der Waals surface area contributed by atoms with Crippen LogP contribution in [0.3, 0.4) is 0 Å². The minimum Gasteiger partial charge on any atom is -0.495 e. The second kappa shape index (κ2) is 12.4. The molecule has 1 fully saturated rings. The van der Waals surface area contributed by atoms with E-state index >= 15 is 0 Å². The molecule has 1 unspecified atom stereocenters. The zero-order chi connectivity index (χ0) is 19.8. The zero-order valence-electron chi connectivity index (χ0n) is 18.2. The molecular weight excluding hydrogens is 465 g/mol. The number of anilines is 1. The molecule has 1 atom stereocenters. The predicted octanol–water partition coefficient (Wildman–Crippen LogP) is 3.18. The molecule has 0 saturated carbocycles. The van der Waals surface area contributed by atoms with E-state index in [1.807, 2.05) is 19.2 Å². The molecule has 1 aliphatic rings. The van der Waals surface area contributed by atoms with Gasteiger partial charge >= 0.3 is 0 Å². The van der Waals surface area contributed by atoms with E-state index in [1.54, 1.807) is 7.11 Å². The summed E-state index contributed by atoms with van der Waals surface area (Å²) < 4.78 is 5.51. The van der Waals surface area contributed by atoms with Gasteiger partial charge < -0.3 is 20.3 Å². The fourth-order valence-electron chi connectivity index (χ4n) is 3.79. The average Bonchev–Trinajstić information content (AvgIpc) is 3.11. The van der Waals surface area contributed by atoms with Crippen molar-refractivity contribution in [2.24, 2.45) is 4.99 Å². The SMILES string of the molecule is CN=C(NCCN(C(C)C)C(C)C)NC1CCN(c2ccccc2OC)C1.I. The van der Waals surface area contributed by atoms with Crippen molar-refractivity contribution < 1.29 is 4.74 Å². The summed E-state index contributed by atoms with van der Waals surface area (Å²) in [6, 6.07) is 9.70. The maximum Gasteiger partial charge on any atom is 0.191 e. The van der Waals surface area contributed by atoms with E-state index in [0.717, 1.165) is 50.0 Å². The Kier molecular flexibility index (Phi) is 11.0. The standard InChI is InChI=1S/C21H37N5O.HI/c1-16(2)26(17(3)4)14-12-23-21(22-5)24-18-11-13-25(15-18)19-9-7-8-10-20(19)27-6;/h7-10,16-18H,11-15H2,1-6H3,(H2,22,23,24);1H. The molecule has 1 aromatic rings. The molecule has 1 aliphatic heterocycles. The molecule has 0 spiro atoms. The maximum absolute atomic E-state index is 5.51. The van der Waals surface area contributed by atoms with Crippen molar-refractivity contribution in [2.75, 3.05) is 45.2 Å². The fourth-order valence-corrected chi connectivity index (χ4v) is 3.79. The van der Waals surface area contributed by atoms with Crippen LogP contribution in [0.1, 0.15) is 34.1 Å². The normalized spacial score (nSPS) is 17.2. The molecule has 0 aromatic heterocycles. The number of rotatable bonds is 8. The van der Waals surface area contributed by atoms with E-state index in [2.05, 4.69) is 65.3 Å². The Morgan fingerprint density at radius 1 is 1.25 bits per heavy atom. The van der Waals surface area contributed by atoms with Crippen molar-refractivity contribution >= 4 is 35.6 Å². The summed E-state index contributed by atoms with van der Waals surface area (Å²) in [5, 5.41) is 7.04. The summed E-state index contributed by atoms with van der Waals surface area (Å²) in [5.74, 6) is 1.82. The number of aliphatic imine (C=N–C) groups is 1. The summed E-state index contributed by atoms with van der Waals surface area (Å²) >= 11 is 0. The molecule has 160 valence electrons. The molecule has 1 aromatic carbocycles. The Labute approximate surface area is 188 Å². The molecule has 0 aliphatic carbocycles. The van der Waals surface area contributed by atoms with E-state index in [-0.39, 0.29) is 24.0 Å². The molecule has 28 heavy (non-hydrogen) atoms. The molecule has 0 bridgehead atoms. The highest BCUT2D eigenvalue weighted by Crippen LogP contribution is 2.30. The molecular formula is C21H38IN5O. The minimum absolute atomic E-state index is 0. The van der Waals surface area contributed by atoms with Gasteiger partial charge in [-0.1, -0.05) is 12.1 Å². The van der Waals surface area contributed by atoms with E-state index in [0.29, 0.717) is 18.1 Å². The number of nitrogens with one attached hydrogen (secondary N) is 2. The van der Waals surface area contributed by atoms with Gasteiger partial charge in [0.2, 0.25) is 0 Å². The van der Waals surface area contributed by atoms with Crippen LogP contribution in [-0.4, -0.2) is 69.3 Å². The third-order valence-electron chi connectivity index (χ3n) is 5.17. The van der Waals surface area contributed by atoms with Crippen molar-refractivity contribution in [1.29, 1.82) is 0 Å². The second-order valence-electron chi connectivity index (χ2n) is 7.67.